The third-order valence-corrected chi connectivity index (χ3v) is 7.58. The van der Waals surface area contributed by atoms with Crippen LogP contribution in [0.1, 0.15) is 41.4 Å². The second-order valence-corrected chi connectivity index (χ2v) is 10.2. The van der Waals surface area contributed by atoms with Gasteiger partial charge in [-0.1, -0.05) is 17.7 Å². The zero-order valence-corrected chi connectivity index (χ0v) is 20.2. The molecular formula is C25H31ClFN5O2. The smallest absolute Gasteiger partial charge is 0.318 e. The fourth-order valence-corrected chi connectivity index (χ4v) is 5.42. The van der Waals surface area contributed by atoms with E-state index in [0.717, 1.165) is 68.1 Å². The van der Waals surface area contributed by atoms with E-state index in [1.54, 1.807) is 6.07 Å². The van der Waals surface area contributed by atoms with E-state index in [1.807, 2.05) is 24.2 Å². The van der Waals surface area contributed by atoms with Gasteiger partial charge in [-0.05, 0) is 55.5 Å². The maximum Gasteiger partial charge on any atom is 0.318 e. The average molecular weight is 488 g/mol. The van der Waals surface area contributed by atoms with Gasteiger partial charge >= 0.3 is 6.03 Å². The summed E-state index contributed by atoms with van der Waals surface area (Å²) in [6.45, 7) is 4.19. The van der Waals surface area contributed by atoms with Crippen LogP contribution in [-0.2, 0) is 24.1 Å². The molecule has 2 saturated heterocycles. The Morgan fingerprint density at radius 3 is 2.91 bits per heavy atom. The normalized spacial score (nSPS) is 23.7. The lowest BCUT2D eigenvalue weighted by Gasteiger charge is -2.31. The number of nitrogens with zero attached hydrogens (tertiary/aromatic N) is 4. The second kappa shape index (κ2) is 10.1. The maximum atomic E-state index is 14.1. The molecule has 0 saturated carbocycles. The Balaban J connectivity index is 1.24. The number of hydrogen-bond donors (Lipinski definition) is 1. The van der Waals surface area contributed by atoms with Crippen LogP contribution in [0.25, 0.3) is 0 Å². The number of halogens is 2. The summed E-state index contributed by atoms with van der Waals surface area (Å²) < 4.78 is 19.5. The molecule has 7 nitrogen and oxygen atoms in total. The van der Waals surface area contributed by atoms with Crippen LogP contribution in [-0.4, -0.2) is 71.7 Å². The molecule has 2 atom stereocenters. The molecule has 5 rings (SSSR count). The molecular weight excluding hydrogens is 457 g/mol. The van der Waals surface area contributed by atoms with Crippen LogP contribution in [0, 0.1) is 11.7 Å². The van der Waals surface area contributed by atoms with Gasteiger partial charge in [0.05, 0.1) is 23.3 Å². The largest absolute Gasteiger partial charge is 0.381 e. The fourth-order valence-electron chi connectivity index (χ4n) is 5.30. The molecule has 1 aromatic carbocycles. The van der Waals surface area contributed by atoms with Crippen molar-refractivity contribution in [2.24, 2.45) is 5.92 Å². The minimum absolute atomic E-state index is 0.00574. The molecule has 0 unspecified atom stereocenters. The summed E-state index contributed by atoms with van der Waals surface area (Å²) >= 11 is 5.87. The predicted octanol–water partition coefficient (Wildman–Crippen LogP) is 3.40. The minimum atomic E-state index is -0.428. The highest BCUT2D eigenvalue weighted by Gasteiger charge is 2.35. The third-order valence-electron chi connectivity index (χ3n) is 7.28. The van der Waals surface area contributed by atoms with Crippen molar-refractivity contribution in [3.63, 3.8) is 0 Å². The molecule has 0 bridgehead atoms. The van der Waals surface area contributed by atoms with Gasteiger partial charge in [0.1, 0.15) is 11.6 Å². The molecule has 3 aliphatic rings. The summed E-state index contributed by atoms with van der Waals surface area (Å²) in [5, 5.41) is 3.32. The van der Waals surface area contributed by atoms with Crippen LogP contribution in [0.2, 0.25) is 5.02 Å². The number of nitrogens with one attached hydrogen (secondary N) is 1. The van der Waals surface area contributed by atoms with Gasteiger partial charge in [0.2, 0.25) is 0 Å². The van der Waals surface area contributed by atoms with Gasteiger partial charge < -0.3 is 19.9 Å². The van der Waals surface area contributed by atoms with Gasteiger partial charge in [-0.25, -0.2) is 19.2 Å². The number of amides is 2. The number of likely N-dealkylation sites (tertiary alicyclic amines) is 1. The standard InChI is InChI=1S/C25H31ClFN5O2/c1-31-13-19(17-2-3-20(26)21(27)11-17)23(14-31)30-25(33)32-7-4-18-12-28-24(29-22(18)15-32)10-16-5-8-34-9-6-16/h2-3,11-12,16,19,23H,4-10,13-15H2,1H3,(H,30,33)/t19-,23-/m1/s1. The predicted molar refractivity (Wildman–Crippen MR) is 127 cm³/mol. The molecule has 0 aliphatic carbocycles. The molecule has 2 amide bonds. The highest BCUT2D eigenvalue weighted by Crippen LogP contribution is 2.30. The lowest BCUT2D eigenvalue weighted by atomic mass is 9.94. The van der Waals surface area contributed by atoms with E-state index in [-0.39, 0.29) is 23.0 Å². The number of carbonyl (C=O) groups is 1. The number of urea groups is 1. The molecule has 182 valence electrons. The van der Waals surface area contributed by atoms with Crippen molar-refractivity contribution < 1.29 is 13.9 Å². The molecule has 1 N–H and O–H groups in total. The number of likely N-dealkylation sites (N-methyl/N-ethyl adjacent to an activating group) is 1. The zero-order chi connectivity index (χ0) is 23.7. The van der Waals surface area contributed by atoms with Crippen molar-refractivity contribution in [3.8, 4) is 0 Å². The van der Waals surface area contributed by atoms with E-state index >= 15 is 0 Å². The topological polar surface area (TPSA) is 70.6 Å². The molecule has 2 aromatic rings. The summed E-state index contributed by atoms with van der Waals surface area (Å²) in [7, 11) is 2.01. The first-order valence-corrected chi connectivity index (χ1v) is 12.4. The molecule has 1 aromatic heterocycles. The Hall–Kier alpha value is -2.29. The zero-order valence-electron chi connectivity index (χ0n) is 19.5. The Bertz CT molecular complexity index is 1050. The number of benzene rings is 1. The van der Waals surface area contributed by atoms with Crippen molar-refractivity contribution in [3.05, 3.63) is 57.9 Å². The number of ether oxygens (including phenoxy) is 1. The lowest BCUT2D eigenvalue weighted by Crippen LogP contribution is -2.49. The van der Waals surface area contributed by atoms with E-state index in [0.29, 0.717) is 25.6 Å². The number of rotatable bonds is 4. The van der Waals surface area contributed by atoms with Crippen LogP contribution in [0.3, 0.4) is 0 Å². The molecule has 0 radical (unpaired) electrons. The highest BCUT2D eigenvalue weighted by molar-refractivity contribution is 6.30. The first-order valence-electron chi connectivity index (χ1n) is 12.1. The van der Waals surface area contributed by atoms with Gasteiger partial charge in [-0.3, -0.25) is 0 Å². The van der Waals surface area contributed by atoms with Crippen LogP contribution in [0.5, 0.6) is 0 Å². The van der Waals surface area contributed by atoms with Crippen molar-refractivity contribution in [1.29, 1.82) is 0 Å². The first kappa shape index (κ1) is 23.5. The second-order valence-electron chi connectivity index (χ2n) is 9.75. The number of aromatic nitrogens is 2. The van der Waals surface area contributed by atoms with Gasteiger partial charge in [0.25, 0.3) is 0 Å². The van der Waals surface area contributed by atoms with Crippen molar-refractivity contribution in [2.45, 2.75) is 44.2 Å². The summed E-state index contributed by atoms with van der Waals surface area (Å²) in [6.07, 6.45) is 5.63. The van der Waals surface area contributed by atoms with Crippen molar-refractivity contribution in [1.82, 2.24) is 25.1 Å². The van der Waals surface area contributed by atoms with E-state index < -0.39 is 5.82 Å². The molecule has 4 heterocycles. The van der Waals surface area contributed by atoms with Gasteiger partial charge in [-0.15, -0.1) is 0 Å². The fraction of sp³-hybridized carbons (Fsp3) is 0.560. The van der Waals surface area contributed by atoms with E-state index in [1.165, 1.54) is 6.07 Å². The summed E-state index contributed by atoms with van der Waals surface area (Å²) in [5.74, 6) is 0.993. The molecule has 0 spiro atoms. The Kier molecular flexibility index (Phi) is 6.99. The highest BCUT2D eigenvalue weighted by atomic mass is 35.5. The van der Waals surface area contributed by atoms with Crippen molar-refractivity contribution in [2.75, 3.05) is 39.9 Å². The number of hydrogen-bond acceptors (Lipinski definition) is 5. The summed E-state index contributed by atoms with van der Waals surface area (Å²) in [4.78, 5) is 26.6. The first-order chi connectivity index (χ1) is 16.5. The van der Waals surface area contributed by atoms with Crippen LogP contribution < -0.4 is 5.32 Å². The number of fused-ring (bicyclic) bond motifs is 1. The summed E-state index contributed by atoms with van der Waals surface area (Å²) in [6, 6.07) is 4.72. The van der Waals surface area contributed by atoms with Crippen LogP contribution in [0.4, 0.5) is 9.18 Å². The monoisotopic (exact) mass is 487 g/mol. The SMILES string of the molecule is CN1C[C@H](c2ccc(Cl)c(F)c2)[C@H](NC(=O)N2CCc3cnc(CC4CCOCC4)nc3C2)C1. The van der Waals surface area contributed by atoms with E-state index in [4.69, 9.17) is 21.3 Å². The molecule has 34 heavy (non-hydrogen) atoms. The quantitative estimate of drug-likeness (QED) is 0.715. The van der Waals surface area contributed by atoms with E-state index in [2.05, 4.69) is 15.2 Å². The van der Waals surface area contributed by atoms with Crippen molar-refractivity contribution >= 4 is 17.6 Å². The van der Waals surface area contributed by atoms with Gasteiger partial charge in [0.15, 0.2) is 0 Å². The Morgan fingerprint density at radius 1 is 1.29 bits per heavy atom. The average Bonchev–Trinajstić information content (AvgIpc) is 3.20. The molecule has 2 fully saturated rings. The lowest BCUT2D eigenvalue weighted by molar-refractivity contribution is 0.0659. The Morgan fingerprint density at radius 2 is 2.12 bits per heavy atom. The third kappa shape index (κ3) is 5.19. The molecule has 9 heteroatoms. The summed E-state index contributed by atoms with van der Waals surface area (Å²) in [5.41, 5.74) is 2.92. The van der Waals surface area contributed by atoms with Gasteiger partial charge in [-0.2, -0.15) is 0 Å². The molecule has 3 aliphatic heterocycles. The minimum Gasteiger partial charge on any atom is -0.381 e. The van der Waals surface area contributed by atoms with Gasteiger partial charge in [0, 0.05) is 51.4 Å². The van der Waals surface area contributed by atoms with E-state index in [9.17, 15) is 9.18 Å². The number of carbonyl (C=O) groups excluding carboxylic acids is 1. The Labute approximate surface area is 204 Å². The maximum absolute atomic E-state index is 14.1. The van der Waals surface area contributed by atoms with Crippen LogP contribution in [0.15, 0.2) is 24.4 Å². The van der Waals surface area contributed by atoms with Crippen LogP contribution >= 0.6 is 11.6 Å².